The number of benzene rings is 1. The number of aliphatic hydroxyl groups excluding tert-OH is 3. The lowest BCUT2D eigenvalue weighted by molar-refractivity contribution is -0.181. The van der Waals surface area contributed by atoms with E-state index >= 15 is 0 Å². The number of aliphatic hydroxyl groups is 5. The summed E-state index contributed by atoms with van der Waals surface area (Å²) in [6.07, 6.45) is -1.87. The summed E-state index contributed by atoms with van der Waals surface area (Å²) >= 11 is 0. The van der Waals surface area contributed by atoms with Gasteiger partial charge in [0.05, 0.1) is 40.7 Å². The van der Waals surface area contributed by atoms with Crippen LogP contribution in [-0.4, -0.2) is 84.9 Å². The average Bonchev–Trinajstić information content (AvgIpc) is 2.70. The lowest BCUT2D eigenvalue weighted by Crippen LogP contribution is -2.71. The van der Waals surface area contributed by atoms with Gasteiger partial charge in [0, 0.05) is 0 Å². The number of fused-ring (bicyclic) bond motifs is 3. The monoisotopic (exact) mass is 460 g/mol. The summed E-state index contributed by atoms with van der Waals surface area (Å²) in [7, 11) is 2.80. The molecule has 33 heavy (non-hydrogen) atoms. The molecule has 11 heteroatoms. The third-order valence-electron chi connectivity index (χ3n) is 7.03. The van der Waals surface area contributed by atoms with Crippen molar-refractivity contribution in [3.63, 3.8) is 0 Å². The minimum absolute atomic E-state index is 0.00664. The molecule has 0 bridgehead atoms. The summed E-state index contributed by atoms with van der Waals surface area (Å²) in [6, 6.07) is 2.50. The van der Waals surface area contributed by atoms with Gasteiger partial charge in [0.1, 0.15) is 22.8 Å². The summed E-state index contributed by atoms with van der Waals surface area (Å²) in [5.74, 6) is -9.67. The van der Waals surface area contributed by atoms with E-state index in [0.717, 1.165) is 0 Å². The number of nitrogens with zero attached hydrogens (tertiary/aromatic N) is 1. The molecule has 0 spiro atoms. The second-order valence-corrected chi connectivity index (χ2v) is 9.06. The molecule has 1 saturated carbocycles. The Hall–Kier alpha value is -3.25. The Morgan fingerprint density at radius 3 is 2.27 bits per heavy atom. The molecule has 1 aromatic rings. The Labute approximate surface area is 187 Å². The van der Waals surface area contributed by atoms with Gasteiger partial charge in [-0.15, -0.1) is 0 Å². The zero-order valence-electron chi connectivity index (χ0n) is 18.0. The molecule has 1 amide bonds. The van der Waals surface area contributed by atoms with Gasteiger partial charge in [0.2, 0.25) is 5.78 Å². The van der Waals surface area contributed by atoms with Crippen LogP contribution >= 0.6 is 0 Å². The van der Waals surface area contributed by atoms with Gasteiger partial charge < -0.3 is 36.4 Å². The van der Waals surface area contributed by atoms with Crippen molar-refractivity contribution in [3.8, 4) is 5.75 Å². The van der Waals surface area contributed by atoms with Crippen molar-refractivity contribution in [2.45, 2.75) is 30.3 Å². The quantitative estimate of drug-likeness (QED) is 0.257. The fraction of sp³-hybridized carbons (Fsp3) is 0.409. The highest BCUT2D eigenvalue weighted by Gasteiger charge is 2.70. The van der Waals surface area contributed by atoms with Crippen molar-refractivity contribution in [2.24, 2.45) is 17.6 Å². The molecule has 11 nitrogen and oxygen atoms in total. The first-order valence-electron chi connectivity index (χ1n) is 10.1. The minimum Gasteiger partial charge on any atom is -0.508 e. The molecule has 0 heterocycles. The number of nitrogens with two attached hydrogens (primary N) is 1. The second-order valence-electron chi connectivity index (χ2n) is 9.06. The number of likely N-dealkylation sites (N-methyl/N-ethyl adjacent to an activating group) is 1. The van der Waals surface area contributed by atoms with Crippen LogP contribution in [0.4, 0.5) is 0 Å². The van der Waals surface area contributed by atoms with E-state index in [1.807, 2.05) is 0 Å². The third kappa shape index (κ3) is 2.61. The Bertz CT molecular complexity index is 1180. The third-order valence-corrected chi connectivity index (χ3v) is 7.03. The van der Waals surface area contributed by atoms with E-state index in [4.69, 9.17) is 5.73 Å². The molecule has 0 aliphatic heterocycles. The smallest absolute Gasteiger partial charge is 0.255 e. The van der Waals surface area contributed by atoms with Crippen LogP contribution in [-0.2, 0) is 20.0 Å². The number of phenols is 1. The van der Waals surface area contributed by atoms with Crippen molar-refractivity contribution in [3.05, 3.63) is 46.2 Å². The van der Waals surface area contributed by atoms with Gasteiger partial charge >= 0.3 is 0 Å². The molecule has 6 atom stereocenters. The number of carbonyl (C=O) groups excluding carboxylic acids is 3. The first kappa shape index (κ1) is 22.9. The van der Waals surface area contributed by atoms with E-state index in [1.54, 1.807) is 0 Å². The van der Waals surface area contributed by atoms with Crippen molar-refractivity contribution in [2.75, 3.05) is 14.1 Å². The maximum atomic E-state index is 13.7. The van der Waals surface area contributed by atoms with Crippen molar-refractivity contribution < 1.29 is 45.0 Å². The Morgan fingerprint density at radius 2 is 1.73 bits per heavy atom. The summed E-state index contributed by atoms with van der Waals surface area (Å²) in [4.78, 5) is 39.9. The normalized spacial score (nSPS) is 36.0. The molecule has 0 aromatic heterocycles. The maximum absolute atomic E-state index is 13.7. The van der Waals surface area contributed by atoms with Gasteiger partial charge in [-0.1, -0.05) is 12.1 Å². The van der Waals surface area contributed by atoms with E-state index in [0.29, 0.717) is 0 Å². The molecule has 0 radical (unpaired) electrons. The molecule has 4 rings (SSSR count). The van der Waals surface area contributed by atoms with Gasteiger partial charge in [-0.3, -0.25) is 19.3 Å². The van der Waals surface area contributed by atoms with Crippen LogP contribution in [0.5, 0.6) is 5.75 Å². The topological polar surface area (TPSA) is 202 Å². The standard InChI is InChI=1S/C22H24N2O9/c1-21(32)7-5-4-6-8(25)9(7)15(26)10-12(21)17(28)13-14(24(2)3)16(27)11(20(23)31)19(30)22(13,33)18(10)29/h4-6,12-14,17,25-26,28,30,32-33H,1-3H3,(H2,23,31)/t12?,13?,14?,17?,21-,22+/m0/s1. The second kappa shape index (κ2) is 6.87. The van der Waals surface area contributed by atoms with Crippen LogP contribution in [0.2, 0.25) is 0 Å². The Morgan fingerprint density at radius 1 is 1.12 bits per heavy atom. The number of amides is 1. The predicted molar refractivity (Wildman–Crippen MR) is 112 cm³/mol. The zero-order chi connectivity index (χ0) is 24.8. The van der Waals surface area contributed by atoms with Crippen LogP contribution < -0.4 is 5.73 Å². The van der Waals surface area contributed by atoms with Gasteiger partial charge in [0.15, 0.2) is 11.4 Å². The maximum Gasteiger partial charge on any atom is 0.255 e. The fourth-order valence-corrected chi connectivity index (χ4v) is 5.60. The van der Waals surface area contributed by atoms with Crippen LogP contribution in [0.3, 0.4) is 0 Å². The lowest BCUT2D eigenvalue weighted by atomic mass is 9.53. The van der Waals surface area contributed by atoms with Gasteiger partial charge in [0.25, 0.3) is 5.91 Å². The Balaban J connectivity index is 2.11. The first-order chi connectivity index (χ1) is 15.2. The Kier molecular flexibility index (Phi) is 4.78. The SMILES string of the molecule is CN(C)C1C(=O)C(C(N)=O)=C(O)[C@]2(O)C(=O)C3=C(O)c4c(O)cccc4[C@](C)(O)C3C(O)C12. The number of Topliss-reactive ketones (excluding diaryl/α,β-unsaturated/α-hetero) is 2. The first-order valence-corrected chi connectivity index (χ1v) is 10.1. The van der Waals surface area contributed by atoms with E-state index in [1.165, 1.54) is 44.1 Å². The molecule has 4 unspecified atom stereocenters. The fourth-order valence-electron chi connectivity index (χ4n) is 5.60. The summed E-state index contributed by atoms with van der Waals surface area (Å²) < 4.78 is 0. The van der Waals surface area contributed by atoms with E-state index in [9.17, 15) is 45.0 Å². The van der Waals surface area contributed by atoms with Gasteiger partial charge in [-0.05, 0) is 32.6 Å². The largest absolute Gasteiger partial charge is 0.508 e. The molecule has 176 valence electrons. The van der Waals surface area contributed by atoms with Gasteiger partial charge in [-0.25, -0.2) is 0 Å². The highest BCUT2D eigenvalue weighted by atomic mass is 16.4. The minimum atomic E-state index is -3.02. The van der Waals surface area contributed by atoms with E-state index in [-0.39, 0.29) is 11.1 Å². The number of aromatic hydroxyl groups is 1. The molecular formula is C22H24N2O9. The molecule has 1 aromatic carbocycles. The number of ketones is 2. The predicted octanol–water partition coefficient (Wildman–Crippen LogP) is -1.40. The highest BCUT2D eigenvalue weighted by molar-refractivity contribution is 6.24. The van der Waals surface area contributed by atoms with Crippen molar-refractivity contribution in [1.82, 2.24) is 4.90 Å². The number of primary amides is 1. The summed E-state index contributed by atoms with van der Waals surface area (Å²) in [5.41, 5.74) is -1.78. The molecule has 0 saturated heterocycles. The lowest BCUT2D eigenvalue weighted by Gasteiger charge is -2.55. The zero-order valence-corrected chi connectivity index (χ0v) is 18.0. The van der Waals surface area contributed by atoms with E-state index < -0.39 is 81.1 Å². The van der Waals surface area contributed by atoms with Crippen LogP contribution in [0, 0.1) is 11.8 Å². The average molecular weight is 460 g/mol. The van der Waals surface area contributed by atoms with Crippen molar-refractivity contribution >= 4 is 23.2 Å². The van der Waals surface area contributed by atoms with Gasteiger partial charge in [-0.2, -0.15) is 0 Å². The summed E-state index contributed by atoms with van der Waals surface area (Å²) in [5, 5.41) is 66.3. The molecular weight excluding hydrogens is 436 g/mol. The van der Waals surface area contributed by atoms with Crippen molar-refractivity contribution in [1.29, 1.82) is 0 Å². The number of hydrogen-bond donors (Lipinski definition) is 7. The number of rotatable bonds is 2. The number of hydrogen-bond acceptors (Lipinski definition) is 10. The van der Waals surface area contributed by atoms with Crippen LogP contribution in [0.1, 0.15) is 18.1 Å². The molecule has 8 N–H and O–H groups in total. The van der Waals surface area contributed by atoms with E-state index in [2.05, 4.69) is 0 Å². The molecule has 1 fully saturated rings. The highest BCUT2D eigenvalue weighted by Crippen LogP contribution is 2.57. The number of carbonyl (C=O) groups is 3. The van der Waals surface area contributed by atoms with Crippen LogP contribution in [0.25, 0.3) is 5.76 Å². The number of phenolic OH excluding ortho intramolecular Hbond substituents is 1. The molecule has 3 aliphatic carbocycles. The van der Waals surface area contributed by atoms with Crippen LogP contribution in [0.15, 0.2) is 35.1 Å². The molecule has 3 aliphatic rings. The summed E-state index contributed by atoms with van der Waals surface area (Å²) in [6.45, 7) is 1.25.